The number of rotatable bonds is 7. The topological polar surface area (TPSA) is 85.6 Å². The number of halogens is 4. The van der Waals surface area contributed by atoms with Crippen LogP contribution in [-0.4, -0.2) is 29.6 Å². The highest BCUT2D eigenvalue weighted by Crippen LogP contribution is 2.50. The normalized spacial score (nSPS) is 16.9. The number of benzene rings is 2. The minimum absolute atomic E-state index is 0.201. The highest BCUT2D eigenvalue weighted by Gasteiger charge is 2.48. The van der Waals surface area contributed by atoms with E-state index in [-0.39, 0.29) is 11.8 Å². The van der Waals surface area contributed by atoms with E-state index < -0.39 is 33.3 Å². The van der Waals surface area contributed by atoms with Crippen LogP contribution in [0.2, 0.25) is 5.02 Å². The molecule has 0 bridgehead atoms. The summed E-state index contributed by atoms with van der Waals surface area (Å²) in [6, 6.07) is 9.72. The lowest BCUT2D eigenvalue weighted by atomic mass is 9.89. The molecule has 4 rings (SSSR count). The molecule has 0 saturated heterocycles. The van der Waals surface area contributed by atoms with Gasteiger partial charge in [-0.3, -0.25) is 4.79 Å². The Hall–Kier alpha value is -2.37. The van der Waals surface area contributed by atoms with Gasteiger partial charge in [-0.25, -0.2) is 0 Å². The smallest absolute Gasteiger partial charge is 0.481 e. The van der Waals surface area contributed by atoms with Crippen molar-refractivity contribution in [1.29, 1.82) is 0 Å². The summed E-state index contributed by atoms with van der Waals surface area (Å²) in [5, 5.41) is 11.0. The minimum Gasteiger partial charge on any atom is -0.481 e. The molecule has 2 unspecified atom stereocenters. The first-order valence-corrected chi connectivity index (χ1v) is 13.7. The van der Waals surface area contributed by atoms with Crippen LogP contribution < -0.4 is 4.18 Å². The zero-order valence-corrected chi connectivity index (χ0v) is 21.9. The lowest BCUT2D eigenvalue weighted by Crippen LogP contribution is -2.28. The number of aryl methyl sites for hydroxylation is 1. The number of carboxylic acid groups (broad SMARTS) is 1. The number of hydrogen-bond acceptors (Lipinski definition) is 5. The lowest BCUT2D eigenvalue weighted by Gasteiger charge is -2.18. The molecule has 194 valence electrons. The Morgan fingerprint density at radius 2 is 1.83 bits per heavy atom. The molecular formula is C24H23ClF3NO5S2. The molecule has 2 atom stereocenters. The standard InChI is InChI=1S/C24H23ClF3NO5S2/c1-12(2)18-10-15(34-36(32,33)24(26,27)28)11-19-20(18)22(35-16-6-4-14(25)5-7-16)21-17(8-9-29(19)21)13(3)23(30)31/h4-7,10-13,17H,8-9H2,1-3H3,(H,30,31). The minimum atomic E-state index is -5.86. The number of nitrogens with zero attached hydrogens (tertiary/aromatic N) is 1. The van der Waals surface area contributed by atoms with Crippen LogP contribution in [0.4, 0.5) is 13.2 Å². The van der Waals surface area contributed by atoms with Crippen LogP contribution in [0.5, 0.6) is 5.75 Å². The number of alkyl halides is 3. The Balaban J connectivity index is 1.98. The van der Waals surface area contributed by atoms with Crippen LogP contribution >= 0.6 is 23.4 Å². The van der Waals surface area contributed by atoms with E-state index in [0.717, 1.165) is 20.9 Å². The van der Waals surface area contributed by atoms with Gasteiger partial charge >= 0.3 is 21.6 Å². The van der Waals surface area contributed by atoms with E-state index in [4.69, 9.17) is 11.6 Å². The van der Waals surface area contributed by atoms with Crippen molar-refractivity contribution in [1.82, 2.24) is 4.57 Å². The second kappa shape index (κ2) is 9.50. The molecule has 2 aromatic carbocycles. The fourth-order valence-corrected chi connectivity index (χ4v) is 6.31. The number of aromatic nitrogens is 1. The fraction of sp³-hybridized carbons (Fsp3) is 0.375. The van der Waals surface area contributed by atoms with Crippen molar-refractivity contribution in [2.75, 3.05) is 0 Å². The van der Waals surface area contributed by atoms with Gasteiger partial charge in [0.15, 0.2) is 0 Å². The average Bonchev–Trinajstić information content (AvgIpc) is 3.32. The molecule has 3 aromatic rings. The summed E-state index contributed by atoms with van der Waals surface area (Å²) in [5.41, 5.74) is -3.71. The first-order chi connectivity index (χ1) is 16.7. The third-order valence-electron chi connectivity index (χ3n) is 6.32. The third-order valence-corrected chi connectivity index (χ3v) is 8.67. The monoisotopic (exact) mass is 561 g/mol. The maximum Gasteiger partial charge on any atom is 0.534 e. The quantitative estimate of drug-likeness (QED) is 0.247. The van der Waals surface area contributed by atoms with Gasteiger partial charge in [-0.2, -0.15) is 21.6 Å². The SMILES string of the molecule is CC(C)c1cc(OS(=O)(=O)C(F)(F)F)cc2c1c(Sc1ccc(Cl)cc1)c1n2CCC1C(C)C(=O)O. The van der Waals surface area contributed by atoms with E-state index in [0.29, 0.717) is 29.1 Å². The summed E-state index contributed by atoms with van der Waals surface area (Å²) in [6.45, 7) is 5.74. The molecule has 1 aliphatic heterocycles. The van der Waals surface area contributed by atoms with Crippen molar-refractivity contribution < 1.29 is 35.7 Å². The van der Waals surface area contributed by atoms with Crippen molar-refractivity contribution in [2.24, 2.45) is 5.92 Å². The summed E-state index contributed by atoms with van der Waals surface area (Å²) < 4.78 is 68.9. The van der Waals surface area contributed by atoms with Crippen LogP contribution in [-0.2, 0) is 21.5 Å². The molecule has 0 spiro atoms. The number of carboxylic acids is 1. The zero-order chi connectivity index (χ0) is 26.6. The Bertz CT molecular complexity index is 1430. The van der Waals surface area contributed by atoms with Gasteiger partial charge in [-0.05, 0) is 48.2 Å². The fourth-order valence-electron chi connectivity index (χ4n) is 4.54. The highest BCUT2D eigenvalue weighted by atomic mass is 35.5. The first kappa shape index (κ1) is 26.7. The van der Waals surface area contributed by atoms with Crippen LogP contribution in [0.15, 0.2) is 46.2 Å². The summed E-state index contributed by atoms with van der Waals surface area (Å²) in [7, 11) is -5.86. The summed E-state index contributed by atoms with van der Waals surface area (Å²) in [4.78, 5) is 13.5. The van der Waals surface area contributed by atoms with Crippen molar-refractivity contribution in [2.45, 2.75) is 60.9 Å². The van der Waals surface area contributed by atoms with E-state index in [2.05, 4.69) is 4.18 Å². The summed E-state index contributed by atoms with van der Waals surface area (Å²) in [5.74, 6) is -2.64. The van der Waals surface area contributed by atoms with Gasteiger partial charge in [0.05, 0.1) is 11.4 Å². The van der Waals surface area contributed by atoms with Crippen molar-refractivity contribution in [3.05, 3.63) is 52.7 Å². The lowest BCUT2D eigenvalue weighted by molar-refractivity contribution is -0.141. The van der Waals surface area contributed by atoms with Gasteiger partial charge in [0.1, 0.15) is 5.75 Å². The molecule has 0 fully saturated rings. The van der Waals surface area contributed by atoms with Crippen molar-refractivity contribution >= 4 is 50.4 Å². The molecule has 1 aliphatic rings. The largest absolute Gasteiger partial charge is 0.534 e. The Morgan fingerprint density at radius 1 is 1.19 bits per heavy atom. The van der Waals surface area contributed by atoms with Gasteiger partial charge in [0.25, 0.3) is 0 Å². The van der Waals surface area contributed by atoms with Crippen LogP contribution in [0.3, 0.4) is 0 Å². The van der Waals surface area contributed by atoms with Crippen molar-refractivity contribution in [3.63, 3.8) is 0 Å². The van der Waals surface area contributed by atoms with Crippen molar-refractivity contribution in [3.8, 4) is 5.75 Å². The third kappa shape index (κ3) is 4.80. The molecule has 2 heterocycles. The van der Waals surface area contributed by atoms with Gasteiger partial charge < -0.3 is 13.9 Å². The number of carbonyl (C=O) groups is 1. The van der Waals surface area contributed by atoms with Gasteiger partial charge in [0.2, 0.25) is 0 Å². The Morgan fingerprint density at radius 3 is 2.39 bits per heavy atom. The maximum atomic E-state index is 13.0. The van der Waals surface area contributed by atoms with Crippen LogP contribution in [0.1, 0.15) is 50.3 Å². The van der Waals surface area contributed by atoms with Gasteiger partial charge in [-0.1, -0.05) is 44.1 Å². The molecule has 1 aromatic heterocycles. The first-order valence-electron chi connectivity index (χ1n) is 11.1. The molecule has 1 N–H and O–H groups in total. The second-order valence-corrected chi connectivity index (χ2v) is 12.0. The molecule has 12 heteroatoms. The molecule has 0 amide bonds. The highest BCUT2D eigenvalue weighted by molar-refractivity contribution is 7.99. The molecule has 0 saturated carbocycles. The van der Waals surface area contributed by atoms with Gasteiger partial charge in [0, 0.05) is 44.4 Å². The van der Waals surface area contributed by atoms with Gasteiger partial charge in [-0.15, -0.1) is 0 Å². The van der Waals surface area contributed by atoms with E-state index >= 15 is 0 Å². The number of hydrogen-bond donors (Lipinski definition) is 1. The molecule has 0 aliphatic carbocycles. The Labute approximate surface area is 215 Å². The maximum absolute atomic E-state index is 13.0. The summed E-state index contributed by atoms with van der Waals surface area (Å²) in [6.07, 6.45) is 0.524. The van der Waals surface area contributed by atoms with E-state index in [1.807, 2.05) is 30.5 Å². The predicted octanol–water partition coefficient (Wildman–Crippen LogP) is 7.01. The zero-order valence-electron chi connectivity index (χ0n) is 19.5. The average molecular weight is 562 g/mol. The van der Waals surface area contributed by atoms with Crippen LogP contribution in [0, 0.1) is 5.92 Å². The number of aliphatic carboxylic acids is 1. The molecule has 0 radical (unpaired) electrons. The van der Waals surface area contributed by atoms with E-state index in [1.165, 1.54) is 23.9 Å². The van der Waals surface area contributed by atoms with E-state index in [9.17, 15) is 31.5 Å². The van der Waals surface area contributed by atoms with Crippen LogP contribution in [0.25, 0.3) is 10.9 Å². The summed E-state index contributed by atoms with van der Waals surface area (Å²) >= 11 is 7.44. The molecular weight excluding hydrogens is 539 g/mol. The molecule has 6 nitrogen and oxygen atoms in total. The Kier molecular flexibility index (Phi) is 7.04. The predicted molar refractivity (Wildman–Crippen MR) is 131 cm³/mol. The number of fused-ring (bicyclic) bond motifs is 3. The van der Waals surface area contributed by atoms with E-state index in [1.54, 1.807) is 19.1 Å². The molecule has 36 heavy (non-hydrogen) atoms. The second-order valence-electron chi connectivity index (χ2n) is 8.99.